The number of hydrogen-bond acceptors (Lipinski definition) is 9. The lowest BCUT2D eigenvalue weighted by atomic mass is 10.1. The fourth-order valence-corrected chi connectivity index (χ4v) is 4.99. The SMILES string of the molecule is NC1(COc2cc3ncnc(Nc4ccc(F)c(Cl)c4)c3cc2NC(=O)/C=C/CN2C[C@@H]3OCCO[C@H]3C2)CC1. The van der Waals surface area contributed by atoms with Gasteiger partial charge in [-0.05, 0) is 37.1 Å². The van der Waals surface area contributed by atoms with Gasteiger partial charge in [-0.3, -0.25) is 9.69 Å². The van der Waals surface area contributed by atoms with Gasteiger partial charge in [-0.1, -0.05) is 17.7 Å². The van der Waals surface area contributed by atoms with Gasteiger partial charge >= 0.3 is 0 Å². The number of halogens is 2. The molecule has 0 unspecified atom stereocenters. The number of anilines is 3. The third-order valence-electron chi connectivity index (χ3n) is 7.26. The Kier molecular flexibility index (Phi) is 7.56. The van der Waals surface area contributed by atoms with E-state index in [9.17, 15) is 9.18 Å². The number of hydrogen-bond donors (Lipinski definition) is 3. The molecule has 3 aromatic rings. The molecule has 40 heavy (non-hydrogen) atoms. The lowest BCUT2D eigenvalue weighted by Gasteiger charge is -2.24. The number of carbonyl (C=O) groups excluding carboxylic acids is 1. The van der Waals surface area contributed by atoms with E-state index in [0.717, 1.165) is 25.9 Å². The molecule has 0 bridgehead atoms. The van der Waals surface area contributed by atoms with Crippen molar-refractivity contribution in [2.45, 2.75) is 30.6 Å². The molecule has 2 atom stereocenters. The molecule has 0 radical (unpaired) electrons. The maximum Gasteiger partial charge on any atom is 0.248 e. The van der Waals surface area contributed by atoms with Crippen molar-refractivity contribution in [3.63, 3.8) is 0 Å². The van der Waals surface area contributed by atoms with E-state index in [1.165, 1.54) is 24.5 Å². The zero-order valence-electron chi connectivity index (χ0n) is 21.7. The average Bonchev–Trinajstić information content (AvgIpc) is 3.53. The molecule has 4 N–H and O–H groups in total. The van der Waals surface area contributed by atoms with Crippen molar-refractivity contribution < 1.29 is 23.4 Å². The normalized spacial score (nSPS) is 21.9. The maximum atomic E-state index is 13.6. The summed E-state index contributed by atoms with van der Waals surface area (Å²) in [5, 5.41) is 6.70. The quantitative estimate of drug-likeness (QED) is 0.332. The second kappa shape index (κ2) is 11.3. The van der Waals surface area contributed by atoms with Crippen molar-refractivity contribution in [3.8, 4) is 5.75 Å². The maximum absolute atomic E-state index is 13.6. The summed E-state index contributed by atoms with van der Waals surface area (Å²) in [6.07, 6.45) is 6.68. The first-order valence-electron chi connectivity index (χ1n) is 13.2. The Morgan fingerprint density at radius 2 is 1.98 bits per heavy atom. The van der Waals surface area contributed by atoms with E-state index in [4.69, 9.17) is 31.5 Å². The van der Waals surface area contributed by atoms with Crippen molar-refractivity contribution >= 4 is 45.6 Å². The van der Waals surface area contributed by atoms with Gasteiger partial charge in [-0.2, -0.15) is 0 Å². The van der Waals surface area contributed by atoms with Gasteiger partial charge in [-0.15, -0.1) is 0 Å². The van der Waals surface area contributed by atoms with Crippen LogP contribution < -0.4 is 21.1 Å². The number of benzene rings is 2. The summed E-state index contributed by atoms with van der Waals surface area (Å²) in [4.78, 5) is 23.9. The minimum Gasteiger partial charge on any atom is -0.489 e. The summed E-state index contributed by atoms with van der Waals surface area (Å²) >= 11 is 5.95. The van der Waals surface area contributed by atoms with Crippen molar-refractivity contribution in [1.29, 1.82) is 0 Å². The summed E-state index contributed by atoms with van der Waals surface area (Å²) in [5.41, 5.74) is 7.49. The molecular formula is C28H30ClFN6O4. The van der Waals surface area contributed by atoms with E-state index in [-0.39, 0.29) is 28.7 Å². The van der Waals surface area contributed by atoms with Crippen LogP contribution in [0.4, 0.5) is 21.6 Å². The average molecular weight is 569 g/mol. The number of amides is 1. The molecule has 210 valence electrons. The fourth-order valence-electron chi connectivity index (χ4n) is 4.81. The third-order valence-corrected chi connectivity index (χ3v) is 7.54. The molecule has 3 aliphatic rings. The van der Waals surface area contributed by atoms with Gasteiger partial charge in [0, 0.05) is 42.9 Å². The highest BCUT2D eigenvalue weighted by atomic mass is 35.5. The monoisotopic (exact) mass is 568 g/mol. The Labute approximate surface area is 235 Å². The van der Waals surface area contributed by atoms with Crippen LogP contribution in [0.15, 0.2) is 48.8 Å². The molecule has 3 heterocycles. The highest BCUT2D eigenvalue weighted by Gasteiger charge is 2.39. The number of rotatable bonds is 9. The molecule has 3 fully saturated rings. The van der Waals surface area contributed by atoms with Crippen LogP contribution in [0.2, 0.25) is 5.02 Å². The molecule has 2 saturated heterocycles. The molecule has 1 aliphatic carbocycles. The molecule has 1 aromatic heterocycles. The second-order valence-corrected chi connectivity index (χ2v) is 10.8. The molecule has 1 saturated carbocycles. The summed E-state index contributed by atoms with van der Waals surface area (Å²) in [7, 11) is 0. The largest absolute Gasteiger partial charge is 0.489 e. The van der Waals surface area contributed by atoms with Gasteiger partial charge in [0.15, 0.2) is 0 Å². The van der Waals surface area contributed by atoms with Crippen molar-refractivity contribution in [2.75, 3.05) is 50.1 Å². The third kappa shape index (κ3) is 6.18. The van der Waals surface area contributed by atoms with Gasteiger partial charge < -0.3 is 30.6 Å². The number of likely N-dealkylation sites (tertiary alicyclic amines) is 1. The van der Waals surface area contributed by atoms with Crippen LogP contribution in [0.5, 0.6) is 5.75 Å². The Hall–Kier alpha value is -3.35. The van der Waals surface area contributed by atoms with E-state index in [2.05, 4.69) is 25.5 Å². The van der Waals surface area contributed by atoms with Crippen molar-refractivity contribution in [3.05, 3.63) is 59.7 Å². The zero-order chi connectivity index (χ0) is 27.7. The second-order valence-electron chi connectivity index (χ2n) is 10.4. The summed E-state index contributed by atoms with van der Waals surface area (Å²) < 4.78 is 31.2. The molecule has 2 aliphatic heterocycles. The zero-order valence-corrected chi connectivity index (χ0v) is 22.5. The van der Waals surface area contributed by atoms with Gasteiger partial charge in [0.25, 0.3) is 0 Å². The minimum atomic E-state index is -0.516. The number of fused-ring (bicyclic) bond motifs is 2. The molecule has 0 spiro atoms. The van der Waals surface area contributed by atoms with Crippen LogP contribution in [-0.4, -0.2) is 78.0 Å². The van der Waals surface area contributed by atoms with Crippen LogP contribution in [0.1, 0.15) is 12.8 Å². The summed E-state index contributed by atoms with van der Waals surface area (Å²) in [6.45, 7) is 3.71. The van der Waals surface area contributed by atoms with Crippen LogP contribution in [-0.2, 0) is 14.3 Å². The Balaban J connectivity index is 1.21. The molecule has 1 amide bonds. The fraction of sp³-hybridized carbons (Fsp3) is 0.393. The minimum absolute atomic E-state index is 0.0117. The van der Waals surface area contributed by atoms with Crippen LogP contribution in [0, 0.1) is 5.82 Å². The molecule has 10 nitrogen and oxygen atoms in total. The number of aromatic nitrogens is 2. The summed E-state index contributed by atoms with van der Waals surface area (Å²) in [5.74, 6) is 0.0950. The van der Waals surface area contributed by atoms with E-state index in [1.54, 1.807) is 18.2 Å². The van der Waals surface area contributed by atoms with Crippen molar-refractivity contribution in [1.82, 2.24) is 14.9 Å². The number of nitrogens with two attached hydrogens (primary N) is 1. The van der Waals surface area contributed by atoms with Crippen LogP contribution >= 0.6 is 11.6 Å². The lowest BCUT2D eigenvalue weighted by Crippen LogP contribution is -2.36. The predicted octanol–water partition coefficient (Wildman–Crippen LogP) is 3.63. The number of carbonyl (C=O) groups is 1. The van der Waals surface area contributed by atoms with Crippen LogP contribution in [0.25, 0.3) is 10.9 Å². The first-order chi connectivity index (χ1) is 19.3. The molecule has 6 rings (SSSR count). The van der Waals surface area contributed by atoms with Gasteiger partial charge in [0.2, 0.25) is 5.91 Å². The van der Waals surface area contributed by atoms with Gasteiger partial charge in [-0.25, -0.2) is 14.4 Å². The first kappa shape index (κ1) is 26.9. The Bertz CT molecular complexity index is 1440. The lowest BCUT2D eigenvalue weighted by molar-refractivity contribution is -0.116. The Morgan fingerprint density at radius 1 is 1.20 bits per heavy atom. The number of nitrogens with zero attached hydrogens (tertiary/aromatic N) is 3. The topological polar surface area (TPSA) is 124 Å². The van der Waals surface area contributed by atoms with Gasteiger partial charge in [0.05, 0.1) is 47.2 Å². The Morgan fingerprint density at radius 3 is 2.70 bits per heavy atom. The predicted molar refractivity (Wildman–Crippen MR) is 150 cm³/mol. The van der Waals surface area contributed by atoms with E-state index in [0.29, 0.717) is 60.2 Å². The smallest absolute Gasteiger partial charge is 0.248 e. The van der Waals surface area contributed by atoms with Crippen LogP contribution in [0.3, 0.4) is 0 Å². The summed E-state index contributed by atoms with van der Waals surface area (Å²) in [6, 6.07) is 7.80. The van der Waals surface area contributed by atoms with Gasteiger partial charge in [0.1, 0.15) is 30.3 Å². The standard InChI is InChI=1S/C28H30ClFN6O4/c29-19-10-17(3-4-20(19)30)34-27-18-11-22(23(12-21(18)32-16-33-27)40-15-28(31)5-6-28)35-26(37)2-1-7-36-13-24-25(14-36)39-9-8-38-24/h1-4,10-12,16,24-25H,5-9,13-15,31H2,(H,35,37)(H,32,33,34)/b2-1+/t24-,25-/m0/s1. The number of nitrogens with one attached hydrogen (secondary N) is 2. The molecule has 2 aromatic carbocycles. The van der Waals surface area contributed by atoms with E-state index >= 15 is 0 Å². The van der Waals surface area contributed by atoms with E-state index < -0.39 is 5.82 Å². The highest BCUT2D eigenvalue weighted by molar-refractivity contribution is 6.31. The first-order valence-corrected chi connectivity index (χ1v) is 13.6. The number of ether oxygens (including phenoxy) is 3. The van der Waals surface area contributed by atoms with E-state index in [1.807, 2.05) is 6.08 Å². The molecule has 12 heteroatoms. The highest BCUT2D eigenvalue weighted by Crippen LogP contribution is 2.37. The van der Waals surface area contributed by atoms with Crippen molar-refractivity contribution in [2.24, 2.45) is 5.73 Å². The molecular weight excluding hydrogens is 539 g/mol.